The van der Waals surface area contributed by atoms with Crippen LogP contribution in [0.3, 0.4) is 0 Å². The molecule has 1 atom stereocenters. The molecule has 9 nitrogen and oxygen atoms in total. The molecule has 2 saturated carbocycles. The maximum atomic E-state index is 12.6. The third-order valence-electron chi connectivity index (χ3n) is 7.82. The summed E-state index contributed by atoms with van der Waals surface area (Å²) in [6.45, 7) is 4.81. The Labute approximate surface area is 215 Å². The maximum Gasteiger partial charge on any atom is 0.336 e. The molecule has 0 aromatic carbocycles. The predicted molar refractivity (Wildman–Crippen MR) is 136 cm³/mol. The van der Waals surface area contributed by atoms with Crippen molar-refractivity contribution in [1.29, 1.82) is 0 Å². The van der Waals surface area contributed by atoms with Crippen molar-refractivity contribution < 1.29 is 39.6 Å². The highest BCUT2D eigenvalue weighted by atomic mass is 16.4. The molecular weight excluding hydrogens is 466 g/mol. The lowest BCUT2D eigenvalue weighted by molar-refractivity contribution is -0.170. The van der Waals surface area contributed by atoms with Gasteiger partial charge in [0.25, 0.3) is 0 Å². The van der Waals surface area contributed by atoms with Gasteiger partial charge in [0, 0.05) is 18.4 Å². The highest BCUT2D eigenvalue weighted by molar-refractivity contribution is 5.88. The molecule has 9 heteroatoms. The van der Waals surface area contributed by atoms with Crippen molar-refractivity contribution in [1.82, 2.24) is 4.90 Å². The number of nitrogens with zero attached hydrogens (tertiary/aromatic N) is 1. The van der Waals surface area contributed by atoms with E-state index in [-0.39, 0.29) is 5.41 Å². The van der Waals surface area contributed by atoms with Crippen LogP contribution in [0.2, 0.25) is 0 Å². The molecule has 0 saturated heterocycles. The van der Waals surface area contributed by atoms with Crippen LogP contribution in [0, 0.1) is 17.3 Å². The van der Waals surface area contributed by atoms with Crippen molar-refractivity contribution in [3.63, 3.8) is 0 Å². The number of hydrogen-bond donors (Lipinski definition) is 4. The molecule has 0 aromatic rings. The molecule has 2 rings (SSSR count). The molecule has 1 unspecified atom stereocenters. The van der Waals surface area contributed by atoms with Gasteiger partial charge in [0.1, 0.15) is 5.78 Å². The number of aliphatic hydroxyl groups is 1. The fourth-order valence-corrected chi connectivity index (χ4v) is 6.14. The first-order valence-corrected chi connectivity index (χ1v) is 13.3. The van der Waals surface area contributed by atoms with E-state index in [1.807, 2.05) is 0 Å². The zero-order valence-electron chi connectivity index (χ0n) is 22.5. The lowest BCUT2D eigenvalue weighted by Crippen LogP contribution is -2.47. The van der Waals surface area contributed by atoms with Crippen molar-refractivity contribution in [2.45, 2.75) is 115 Å². The average molecular weight is 514 g/mol. The Bertz CT molecular complexity index is 720. The molecule has 4 N–H and O–H groups in total. The molecule has 2 fully saturated rings. The number of Topliss-reactive ketones (excluding diaryl/α,β-unsaturated/α-hetero) is 1. The average Bonchev–Trinajstić information content (AvgIpc) is 2.77. The van der Waals surface area contributed by atoms with Crippen LogP contribution >= 0.6 is 0 Å². The Morgan fingerprint density at radius 2 is 1.25 bits per heavy atom. The molecule has 36 heavy (non-hydrogen) atoms. The lowest BCUT2D eigenvalue weighted by Gasteiger charge is -2.45. The van der Waals surface area contributed by atoms with Crippen LogP contribution in [-0.2, 0) is 19.2 Å². The van der Waals surface area contributed by atoms with E-state index in [0.29, 0.717) is 17.7 Å². The summed E-state index contributed by atoms with van der Waals surface area (Å²) in [5.41, 5.74) is -2.51. The van der Waals surface area contributed by atoms with Crippen LogP contribution in [0.25, 0.3) is 0 Å². The van der Waals surface area contributed by atoms with E-state index >= 15 is 0 Å². The van der Waals surface area contributed by atoms with Gasteiger partial charge in [-0.05, 0) is 57.5 Å². The zero-order chi connectivity index (χ0) is 27.5. The summed E-state index contributed by atoms with van der Waals surface area (Å²) in [6.07, 6.45) is 12.7. The second-order valence-corrected chi connectivity index (χ2v) is 11.6. The first kappa shape index (κ1) is 32.0. The maximum absolute atomic E-state index is 12.6. The van der Waals surface area contributed by atoms with Crippen LogP contribution in [0.1, 0.15) is 104 Å². The van der Waals surface area contributed by atoms with Crippen LogP contribution in [0.15, 0.2) is 0 Å². The third kappa shape index (κ3) is 10.5. The number of aliphatic carboxylic acids is 3. The molecule has 0 radical (unpaired) electrons. The van der Waals surface area contributed by atoms with Gasteiger partial charge >= 0.3 is 17.9 Å². The highest BCUT2D eigenvalue weighted by Gasteiger charge is 2.41. The van der Waals surface area contributed by atoms with Crippen LogP contribution in [0.5, 0.6) is 0 Å². The first-order valence-electron chi connectivity index (χ1n) is 13.3. The molecule has 0 aliphatic heterocycles. The molecule has 0 bridgehead atoms. The normalized spacial score (nSPS) is 18.7. The minimum absolute atomic E-state index is 0.232. The minimum atomic E-state index is -2.74. The smallest absolute Gasteiger partial charge is 0.336 e. The number of hydrogen-bond acceptors (Lipinski definition) is 6. The van der Waals surface area contributed by atoms with E-state index in [1.54, 1.807) is 0 Å². The van der Waals surface area contributed by atoms with Crippen LogP contribution in [0.4, 0.5) is 0 Å². The SMILES string of the molecule is CN(C)C(C1CCCCC1)C(C)(C)CCC(=O)C1CCCCC1.O=C(O)CC(O)(CC(=O)O)C(=O)O. The fourth-order valence-electron chi connectivity index (χ4n) is 6.14. The Hall–Kier alpha value is -2.00. The fraction of sp³-hybridized carbons (Fsp3) is 0.852. The van der Waals surface area contributed by atoms with Crippen molar-refractivity contribution in [3.05, 3.63) is 0 Å². The Balaban J connectivity index is 0.000000426. The molecule has 0 spiro atoms. The number of carbonyl (C=O) groups excluding carboxylic acids is 1. The Morgan fingerprint density at radius 1 is 0.806 bits per heavy atom. The second kappa shape index (κ2) is 14.7. The van der Waals surface area contributed by atoms with Crippen molar-refractivity contribution in [2.75, 3.05) is 14.1 Å². The van der Waals surface area contributed by atoms with Crippen molar-refractivity contribution in [2.24, 2.45) is 17.3 Å². The van der Waals surface area contributed by atoms with E-state index in [4.69, 9.17) is 20.4 Å². The molecular formula is C27H47NO8. The summed E-state index contributed by atoms with van der Waals surface area (Å²) in [7, 11) is 4.48. The first-order chi connectivity index (χ1) is 16.7. The molecule has 2 aliphatic carbocycles. The number of ketones is 1. The van der Waals surface area contributed by atoms with E-state index in [0.717, 1.165) is 31.6 Å². The van der Waals surface area contributed by atoms with Gasteiger partial charge in [0.15, 0.2) is 5.60 Å². The van der Waals surface area contributed by atoms with Gasteiger partial charge in [-0.25, -0.2) is 4.79 Å². The van der Waals surface area contributed by atoms with Gasteiger partial charge in [0.2, 0.25) is 0 Å². The largest absolute Gasteiger partial charge is 0.481 e. The Morgan fingerprint density at radius 3 is 1.64 bits per heavy atom. The summed E-state index contributed by atoms with van der Waals surface area (Å²) < 4.78 is 0. The molecule has 0 heterocycles. The highest BCUT2D eigenvalue weighted by Crippen LogP contribution is 2.40. The number of rotatable bonds is 12. The van der Waals surface area contributed by atoms with Gasteiger partial charge in [-0.1, -0.05) is 52.4 Å². The molecule has 0 aromatic heterocycles. The van der Waals surface area contributed by atoms with E-state index in [9.17, 15) is 19.2 Å². The Kier molecular flexibility index (Phi) is 13.0. The summed E-state index contributed by atoms with van der Waals surface area (Å²) in [5.74, 6) is -3.26. The number of carboxylic acids is 3. The number of carbonyl (C=O) groups is 4. The van der Waals surface area contributed by atoms with Gasteiger partial charge in [-0.3, -0.25) is 14.4 Å². The summed E-state index contributed by atoms with van der Waals surface area (Å²) in [5, 5.41) is 33.8. The summed E-state index contributed by atoms with van der Waals surface area (Å²) in [4.78, 5) is 45.5. The van der Waals surface area contributed by atoms with Gasteiger partial charge < -0.3 is 25.3 Å². The van der Waals surface area contributed by atoms with Gasteiger partial charge in [-0.15, -0.1) is 0 Å². The zero-order valence-corrected chi connectivity index (χ0v) is 22.5. The summed E-state index contributed by atoms with van der Waals surface area (Å²) >= 11 is 0. The van der Waals surface area contributed by atoms with E-state index in [1.165, 1.54) is 51.4 Å². The van der Waals surface area contributed by atoms with Crippen molar-refractivity contribution in [3.8, 4) is 0 Å². The molecule has 0 amide bonds. The van der Waals surface area contributed by atoms with Crippen molar-refractivity contribution >= 4 is 23.7 Å². The van der Waals surface area contributed by atoms with E-state index < -0.39 is 36.4 Å². The molecule has 2 aliphatic rings. The standard InChI is InChI=1S/C21H39NO.C6H8O7/c1-21(2,16-15-19(23)17-11-7-5-8-12-17)20(22(3)4)18-13-9-6-10-14-18;7-3(8)1-6(13,5(11)12)2-4(9)10/h17-18,20H,5-16H2,1-4H3;13H,1-2H2,(H,7,8)(H,9,10)(H,11,12). The van der Waals surface area contributed by atoms with Gasteiger partial charge in [-0.2, -0.15) is 0 Å². The third-order valence-corrected chi connectivity index (χ3v) is 7.82. The minimum Gasteiger partial charge on any atom is -0.481 e. The van der Waals surface area contributed by atoms with Crippen LogP contribution in [-0.4, -0.2) is 74.8 Å². The van der Waals surface area contributed by atoms with Gasteiger partial charge in [0.05, 0.1) is 12.8 Å². The molecule has 208 valence electrons. The predicted octanol–water partition coefficient (Wildman–Crippen LogP) is 4.20. The number of carboxylic acid groups (broad SMARTS) is 3. The second-order valence-electron chi connectivity index (χ2n) is 11.6. The van der Waals surface area contributed by atoms with Crippen LogP contribution < -0.4 is 0 Å². The topological polar surface area (TPSA) is 152 Å². The quantitative estimate of drug-likeness (QED) is 0.301. The summed E-state index contributed by atoms with van der Waals surface area (Å²) in [6, 6.07) is 0.613. The van der Waals surface area contributed by atoms with E-state index in [2.05, 4.69) is 32.8 Å². The monoisotopic (exact) mass is 513 g/mol. The lowest BCUT2D eigenvalue weighted by atomic mass is 9.69.